The van der Waals surface area contributed by atoms with Gasteiger partial charge in [0, 0.05) is 19.0 Å². The minimum Gasteiger partial charge on any atom is -0.481 e. The van der Waals surface area contributed by atoms with Crippen LogP contribution in [0.2, 0.25) is 0 Å². The molecule has 0 fully saturated rings. The lowest BCUT2D eigenvalue weighted by atomic mass is 10.2. The van der Waals surface area contributed by atoms with Crippen LogP contribution in [0.5, 0.6) is 0 Å². The van der Waals surface area contributed by atoms with Crippen LogP contribution in [0.15, 0.2) is 10.7 Å². The lowest BCUT2D eigenvalue weighted by Gasteiger charge is -1.92. The monoisotopic (exact) mass is 265 g/mol. The van der Waals surface area contributed by atoms with Crippen LogP contribution in [0, 0.1) is 0 Å². The Bertz CT molecular complexity index is 548. The summed E-state index contributed by atoms with van der Waals surface area (Å²) in [6.45, 7) is 2.41. The fourth-order valence-corrected chi connectivity index (χ4v) is 1.58. The van der Waals surface area contributed by atoms with Gasteiger partial charge in [-0.05, 0) is 6.42 Å². The summed E-state index contributed by atoms with van der Waals surface area (Å²) in [6, 6.07) is 0. The highest BCUT2D eigenvalue weighted by molar-refractivity contribution is 5.66. The summed E-state index contributed by atoms with van der Waals surface area (Å²) in [4.78, 5) is 14.7. The predicted octanol–water partition coefficient (Wildman–Crippen LogP) is 0.679. The van der Waals surface area contributed by atoms with E-state index in [1.807, 2.05) is 6.92 Å². The van der Waals surface area contributed by atoms with Gasteiger partial charge in [-0.2, -0.15) is 4.98 Å². The number of nitrogens with zero attached hydrogens (tertiary/aromatic N) is 5. The molecule has 2 heterocycles. The zero-order chi connectivity index (χ0) is 13.7. The Labute approximate surface area is 109 Å². The molecule has 0 radical (unpaired) electrons. The number of hydrogen-bond donors (Lipinski definition) is 1. The van der Waals surface area contributed by atoms with Gasteiger partial charge in [0.1, 0.15) is 6.54 Å². The van der Waals surface area contributed by atoms with E-state index < -0.39 is 5.97 Å². The molecule has 0 amide bonds. The Morgan fingerprint density at radius 1 is 1.47 bits per heavy atom. The van der Waals surface area contributed by atoms with Crippen LogP contribution < -0.4 is 0 Å². The fraction of sp³-hybridized carbons (Fsp3) is 0.545. The molecule has 0 spiro atoms. The maximum atomic E-state index is 10.4. The molecule has 1 N–H and O–H groups in total. The van der Waals surface area contributed by atoms with Crippen molar-refractivity contribution in [2.24, 2.45) is 0 Å². The van der Waals surface area contributed by atoms with E-state index in [4.69, 9.17) is 9.63 Å². The zero-order valence-corrected chi connectivity index (χ0v) is 10.6. The van der Waals surface area contributed by atoms with Crippen molar-refractivity contribution in [1.29, 1.82) is 0 Å². The number of carbonyl (C=O) groups is 1. The third-order valence-electron chi connectivity index (χ3n) is 2.46. The first-order valence-corrected chi connectivity index (χ1v) is 6.09. The predicted molar refractivity (Wildman–Crippen MR) is 63.4 cm³/mol. The standard InChI is InChI=1S/C11H15N5O3/c1-2-3-10-12-9(14-19-10)7-16-6-8(13-15-16)4-5-11(17)18/h6H,2-5,7H2,1H3,(H,17,18). The molecule has 2 aromatic heterocycles. The second kappa shape index (κ2) is 6.07. The molecular weight excluding hydrogens is 250 g/mol. The fourth-order valence-electron chi connectivity index (χ4n) is 1.58. The minimum atomic E-state index is -0.850. The summed E-state index contributed by atoms with van der Waals surface area (Å²) in [5, 5.41) is 20.2. The average molecular weight is 265 g/mol. The van der Waals surface area contributed by atoms with Gasteiger partial charge in [0.25, 0.3) is 0 Å². The summed E-state index contributed by atoms with van der Waals surface area (Å²) >= 11 is 0. The quantitative estimate of drug-likeness (QED) is 0.784. The molecule has 0 atom stereocenters. The van der Waals surface area contributed by atoms with E-state index in [2.05, 4.69) is 20.5 Å². The largest absolute Gasteiger partial charge is 0.481 e. The van der Waals surface area contributed by atoms with Crippen LogP contribution in [-0.2, 0) is 24.2 Å². The van der Waals surface area contributed by atoms with E-state index in [0.29, 0.717) is 30.4 Å². The molecule has 0 aliphatic carbocycles. The maximum absolute atomic E-state index is 10.4. The number of carboxylic acids is 1. The first kappa shape index (κ1) is 13.2. The van der Waals surface area contributed by atoms with E-state index in [-0.39, 0.29) is 6.42 Å². The third-order valence-corrected chi connectivity index (χ3v) is 2.46. The van der Waals surface area contributed by atoms with E-state index in [9.17, 15) is 4.79 Å². The Morgan fingerprint density at radius 2 is 2.32 bits per heavy atom. The maximum Gasteiger partial charge on any atom is 0.303 e. The topological polar surface area (TPSA) is 107 Å². The summed E-state index contributed by atoms with van der Waals surface area (Å²) in [5.74, 6) is 0.304. The van der Waals surface area contributed by atoms with Crippen LogP contribution in [0.1, 0.15) is 37.2 Å². The van der Waals surface area contributed by atoms with E-state index >= 15 is 0 Å². The number of aryl methyl sites for hydroxylation is 2. The van der Waals surface area contributed by atoms with Crippen LogP contribution in [0.25, 0.3) is 0 Å². The van der Waals surface area contributed by atoms with Gasteiger partial charge in [-0.1, -0.05) is 17.3 Å². The van der Waals surface area contributed by atoms with Crippen molar-refractivity contribution in [2.75, 3.05) is 0 Å². The van der Waals surface area contributed by atoms with Crippen molar-refractivity contribution < 1.29 is 14.4 Å². The highest BCUT2D eigenvalue weighted by atomic mass is 16.5. The molecule has 0 aliphatic heterocycles. The van der Waals surface area contributed by atoms with E-state index in [1.165, 1.54) is 0 Å². The molecule has 2 rings (SSSR count). The van der Waals surface area contributed by atoms with Crippen molar-refractivity contribution in [3.05, 3.63) is 23.6 Å². The smallest absolute Gasteiger partial charge is 0.303 e. The van der Waals surface area contributed by atoms with Gasteiger partial charge >= 0.3 is 5.97 Å². The van der Waals surface area contributed by atoms with Crippen LogP contribution in [0.3, 0.4) is 0 Å². The molecule has 0 saturated heterocycles. The second-order valence-electron chi connectivity index (χ2n) is 4.16. The normalized spacial score (nSPS) is 10.8. The van der Waals surface area contributed by atoms with Crippen molar-refractivity contribution >= 4 is 5.97 Å². The average Bonchev–Trinajstić information content (AvgIpc) is 2.98. The van der Waals surface area contributed by atoms with Gasteiger partial charge in [0.15, 0.2) is 5.82 Å². The molecule has 102 valence electrons. The van der Waals surface area contributed by atoms with Gasteiger partial charge in [-0.25, -0.2) is 4.68 Å². The number of aromatic nitrogens is 5. The van der Waals surface area contributed by atoms with Crippen LogP contribution in [0.4, 0.5) is 0 Å². The Balaban J connectivity index is 1.93. The summed E-state index contributed by atoms with van der Waals surface area (Å²) < 4.78 is 6.63. The number of hydrogen-bond acceptors (Lipinski definition) is 6. The molecule has 8 heteroatoms. The molecule has 2 aromatic rings. The summed E-state index contributed by atoms with van der Waals surface area (Å²) in [5.41, 5.74) is 0.639. The van der Waals surface area contributed by atoms with Gasteiger partial charge < -0.3 is 9.63 Å². The molecule has 0 unspecified atom stereocenters. The van der Waals surface area contributed by atoms with Crippen molar-refractivity contribution in [3.8, 4) is 0 Å². The Hall–Kier alpha value is -2.25. The first-order valence-electron chi connectivity index (χ1n) is 6.09. The molecule has 0 aromatic carbocycles. The number of aliphatic carboxylic acids is 1. The lowest BCUT2D eigenvalue weighted by Crippen LogP contribution is -2.02. The van der Waals surface area contributed by atoms with Crippen LogP contribution in [-0.4, -0.2) is 36.2 Å². The summed E-state index contributed by atoms with van der Waals surface area (Å²) in [6.07, 6.45) is 3.81. The van der Waals surface area contributed by atoms with Crippen LogP contribution >= 0.6 is 0 Å². The van der Waals surface area contributed by atoms with E-state index in [1.54, 1.807) is 10.9 Å². The highest BCUT2D eigenvalue weighted by Crippen LogP contribution is 2.03. The van der Waals surface area contributed by atoms with E-state index in [0.717, 1.165) is 12.8 Å². The molecule has 8 nitrogen and oxygen atoms in total. The van der Waals surface area contributed by atoms with Gasteiger partial charge in [0.05, 0.1) is 12.1 Å². The number of rotatable bonds is 7. The van der Waals surface area contributed by atoms with Crippen molar-refractivity contribution in [2.45, 2.75) is 39.2 Å². The Kier molecular flexibility index (Phi) is 4.22. The second-order valence-corrected chi connectivity index (χ2v) is 4.16. The zero-order valence-electron chi connectivity index (χ0n) is 10.6. The third kappa shape index (κ3) is 3.87. The first-order chi connectivity index (χ1) is 9.17. The molecule has 0 bridgehead atoms. The number of carboxylic acid groups (broad SMARTS) is 1. The van der Waals surface area contributed by atoms with Crippen molar-refractivity contribution in [1.82, 2.24) is 25.1 Å². The van der Waals surface area contributed by atoms with Gasteiger partial charge in [-0.3, -0.25) is 4.79 Å². The Morgan fingerprint density at radius 3 is 3.05 bits per heavy atom. The molecular formula is C11H15N5O3. The summed E-state index contributed by atoms with van der Waals surface area (Å²) in [7, 11) is 0. The SMILES string of the molecule is CCCc1nc(Cn2cc(CCC(=O)O)nn2)no1. The highest BCUT2D eigenvalue weighted by Gasteiger charge is 2.08. The minimum absolute atomic E-state index is 0.0432. The molecule has 19 heavy (non-hydrogen) atoms. The lowest BCUT2D eigenvalue weighted by molar-refractivity contribution is -0.136. The van der Waals surface area contributed by atoms with Gasteiger partial charge in [0.2, 0.25) is 5.89 Å². The molecule has 0 aliphatic rings. The van der Waals surface area contributed by atoms with Crippen molar-refractivity contribution in [3.63, 3.8) is 0 Å². The van der Waals surface area contributed by atoms with Gasteiger partial charge in [-0.15, -0.1) is 5.10 Å². The molecule has 0 saturated carbocycles.